The number of hydrogen-bond donors (Lipinski definition) is 3. The van der Waals surface area contributed by atoms with Gasteiger partial charge in [0.1, 0.15) is 0 Å². The summed E-state index contributed by atoms with van der Waals surface area (Å²) in [6, 6.07) is 2.05. The summed E-state index contributed by atoms with van der Waals surface area (Å²) in [4.78, 5) is 5.04. The second kappa shape index (κ2) is 4.98. The molecule has 5 N–H and O–H groups in total. The second-order valence-corrected chi connectivity index (χ2v) is 2.77. The first-order chi connectivity index (χ1) is 5.97. The van der Waals surface area contributed by atoms with Gasteiger partial charge in [-0.05, 0) is 6.92 Å². The lowest BCUT2D eigenvalue weighted by Gasteiger charge is -2.17. The molecule has 0 aromatic rings. The molecule has 72 valence electrons. The third-order valence-corrected chi connectivity index (χ3v) is 1.36. The Labute approximate surface area is 77.3 Å². The topological polar surface area (TPSA) is 115 Å². The zero-order valence-corrected chi connectivity index (χ0v) is 7.78. The van der Waals surface area contributed by atoms with Gasteiger partial charge in [0, 0.05) is 13.6 Å². The van der Waals surface area contributed by atoms with Crippen LogP contribution in [0.3, 0.4) is 0 Å². The van der Waals surface area contributed by atoms with Gasteiger partial charge in [-0.15, -0.1) is 0 Å². The average Bonchev–Trinajstić information content (AvgIpc) is 2.02. The zero-order chi connectivity index (χ0) is 10.4. The van der Waals surface area contributed by atoms with E-state index in [-0.39, 0.29) is 17.8 Å². The van der Waals surface area contributed by atoms with Crippen LogP contribution >= 0.6 is 0 Å². The van der Waals surface area contributed by atoms with Crippen molar-refractivity contribution in [2.24, 2.45) is 22.4 Å². The SMILES string of the molecule is CC(C#N)CN(C)C(=N)N=C(N)N. The van der Waals surface area contributed by atoms with Gasteiger partial charge < -0.3 is 16.4 Å². The van der Waals surface area contributed by atoms with E-state index in [1.807, 2.05) is 0 Å². The summed E-state index contributed by atoms with van der Waals surface area (Å²) in [6.07, 6.45) is 0. The molecule has 0 heterocycles. The van der Waals surface area contributed by atoms with Crippen LogP contribution in [-0.2, 0) is 0 Å². The maximum atomic E-state index is 8.51. The molecule has 0 radical (unpaired) electrons. The molecule has 0 saturated heterocycles. The number of nitriles is 1. The minimum absolute atomic E-state index is 0.0397. The maximum absolute atomic E-state index is 8.51. The first-order valence-corrected chi connectivity index (χ1v) is 3.76. The molecule has 0 aromatic heterocycles. The Morgan fingerprint density at radius 3 is 2.62 bits per heavy atom. The lowest BCUT2D eigenvalue weighted by atomic mass is 10.2. The minimum Gasteiger partial charge on any atom is -0.370 e. The molecule has 1 unspecified atom stereocenters. The number of nitrogens with one attached hydrogen (secondary N) is 1. The van der Waals surface area contributed by atoms with Crippen LogP contribution in [-0.4, -0.2) is 30.4 Å². The summed E-state index contributed by atoms with van der Waals surface area (Å²) in [5.74, 6) is -0.344. The lowest BCUT2D eigenvalue weighted by Crippen LogP contribution is -2.32. The van der Waals surface area contributed by atoms with Gasteiger partial charge in [0.2, 0.25) is 5.96 Å². The van der Waals surface area contributed by atoms with E-state index in [2.05, 4.69) is 11.1 Å². The fourth-order valence-electron chi connectivity index (χ4n) is 0.746. The molecule has 0 fully saturated rings. The fraction of sp³-hybridized carbons (Fsp3) is 0.571. The van der Waals surface area contributed by atoms with Crippen molar-refractivity contribution < 1.29 is 0 Å². The Morgan fingerprint density at radius 1 is 1.69 bits per heavy atom. The van der Waals surface area contributed by atoms with Crippen molar-refractivity contribution in [3.8, 4) is 6.07 Å². The van der Waals surface area contributed by atoms with Crippen LogP contribution < -0.4 is 11.5 Å². The summed E-state index contributed by atoms with van der Waals surface area (Å²) in [5, 5.41) is 15.9. The van der Waals surface area contributed by atoms with Crippen molar-refractivity contribution in [3.63, 3.8) is 0 Å². The molecule has 0 aliphatic heterocycles. The van der Waals surface area contributed by atoms with Crippen LogP contribution in [0, 0.1) is 22.7 Å². The van der Waals surface area contributed by atoms with Crippen molar-refractivity contribution in [1.29, 1.82) is 10.7 Å². The third-order valence-electron chi connectivity index (χ3n) is 1.36. The Balaban J connectivity index is 4.14. The van der Waals surface area contributed by atoms with Crippen LogP contribution in [0.25, 0.3) is 0 Å². The smallest absolute Gasteiger partial charge is 0.220 e. The normalized spacial score (nSPS) is 11.2. The number of guanidine groups is 2. The van der Waals surface area contributed by atoms with Crippen LogP contribution in [0.4, 0.5) is 0 Å². The largest absolute Gasteiger partial charge is 0.370 e. The number of rotatable bonds is 2. The van der Waals surface area contributed by atoms with Gasteiger partial charge in [-0.1, -0.05) is 0 Å². The molecule has 0 saturated carbocycles. The van der Waals surface area contributed by atoms with Crippen molar-refractivity contribution in [2.45, 2.75) is 6.92 Å². The molecule has 0 aliphatic rings. The van der Waals surface area contributed by atoms with Gasteiger partial charge in [0.05, 0.1) is 12.0 Å². The molecular weight excluding hydrogens is 168 g/mol. The Morgan fingerprint density at radius 2 is 2.23 bits per heavy atom. The standard InChI is InChI=1S/C7H14N6/c1-5(3-8)4-13(2)7(11)12-6(9)10/h5H,4H2,1-2H3,(H5,9,10,11,12). The summed E-state index contributed by atoms with van der Waals surface area (Å²) < 4.78 is 0. The quantitative estimate of drug-likeness (QED) is 0.386. The highest BCUT2D eigenvalue weighted by Gasteiger charge is 2.07. The van der Waals surface area contributed by atoms with Crippen LogP contribution in [0.1, 0.15) is 6.92 Å². The molecule has 6 nitrogen and oxygen atoms in total. The Hall–Kier alpha value is -1.77. The van der Waals surface area contributed by atoms with Gasteiger partial charge in [0.25, 0.3) is 0 Å². The van der Waals surface area contributed by atoms with Crippen molar-refractivity contribution in [3.05, 3.63) is 0 Å². The fourth-order valence-corrected chi connectivity index (χ4v) is 0.746. The van der Waals surface area contributed by atoms with Crippen LogP contribution in [0.2, 0.25) is 0 Å². The van der Waals surface area contributed by atoms with Crippen molar-refractivity contribution >= 4 is 11.9 Å². The highest BCUT2D eigenvalue weighted by molar-refractivity contribution is 5.91. The molecule has 1 atom stereocenters. The number of nitrogens with zero attached hydrogens (tertiary/aromatic N) is 3. The highest BCUT2D eigenvalue weighted by Crippen LogP contribution is 1.96. The van der Waals surface area contributed by atoms with E-state index < -0.39 is 0 Å². The summed E-state index contributed by atoms with van der Waals surface area (Å²) >= 11 is 0. The van der Waals surface area contributed by atoms with E-state index in [0.29, 0.717) is 6.54 Å². The third kappa shape index (κ3) is 4.63. The van der Waals surface area contributed by atoms with Gasteiger partial charge in [-0.25, -0.2) is 0 Å². The van der Waals surface area contributed by atoms with E-state index >= 15 is 0 Å². The molecule has 0 amide bonds. The summed E-state index contributed by atoms with van der Waals surface area (Å²) in [7, 11) is 1.66. The molecule has 13 heavy (non-hydrogen) atoms. The number of hydrogen-bond acceptors (Lipinski definition) is 2. The van der Waals surface area contributed by atoms with E-state index in [1.165, 1.54) is 4.90 Å². The predicted molar refractivity (Wildman–Crippen MR) is 50.9 cm³/mol. The van der Waals surface area contributed by atoms with E-state index in [0.717, 1.165) is 0 Å². The minimum atomic E-state index is -0.153. The van der Waals surface area contributed by atoms with Gasteiger partial charge in [0.15, 0.2) is 5.96 Å². The summed E-state index contributed by atoms with van der Waals surface area (Å²) in [5.41, 5.74) is 10.2. The Kier molecular flexibility index (Phi) is 4.30. The lowest BCUT2D eigenvalue weighted by molar-refractivity contribution is 0.448. The average molecular weight is 182 g/mol. The molecule has 0 aliphatic carbocycles. The van der Waals surface area contributed by atoms with Crippen molar-refractivity contribution in [1.82, 2.24) is 4.90 Å². The molecular formula is C7H14N6. The van der Waals surface area contributed by atoms with E-state index in [4.69, 9.17) is 22.1 Å². The molecule has 0 bridgehead atoms. The predicted octanol–water partition coefficient (Wildman–Crippen LogP) is -0.714. The molecule has 0 aromatic carbocycles. The summed E-state index contributed by atoms with van der Waals surface area (Å²) in [6.45, 7) is 2.20. The van der Waals surface area contributed by atoms with Crippen molar-refractivity contribution in [2.75, 3.05) is 13.6 Å². The monoisotopic (exact) mass is 182 g/mol. The highest BCUT2D eigenvalue weighted by atomic mass is 15.2. The molecule has 6 heteroatoms. The van der Waals surface area contributed by atoms with E-state index in [1.54, 1.807) is 14.0 Å². The van der Waals surface area contributed by atoms with Gasteiger partial charge in [-0.3, -0.25) is 5.41 Å². The maximum Gasteiger partial charge on any atom is 0.220 e. The number of aliphatic imine (C=N–C) groups is 1. The Bertz CT molecular complexity index is 246. The number of nitrogens with two attached hydrogens (primary N) is 2. The van der Waals surface area contributed by atoms with Crippen LogP contribution in [0.5, 0.6) is 0 Å². The van der Waals surface area contributed by atoms with Crippen LogP contribution in [0.15, 0.2) is 4.99 Å². The molecule has 0 rings (SSSR count). The van der Waals surface area contributed by atoms with E-state index in [9.17, 15) is 0 Å². The van der Waals surface area contributed by atoms with Gasteiger partial charge >= 0.3 is 0 Å². The first-order valence-electron chi connectivity index (χ1n) is 3.76. The zero-order valence-electron chi connectivity index (χ0n) is 7.78. The molecule has 0 spiro atoms. The van der Waals surface area contributed by atoms with Gasteiger partial charge in [-0.2, -0.15) is 10.3 Å². The first kappa shape index (κ1) is 11.2. The second-order valence-electron chi connectivity index (χ2n) is 2.77.